The summed E-state index contributed by atoms with van der Waals surface area (Å²) >= 11 is 0. The van der Waals surface area contributed by atoms with Crippen molar-refractivity contribution in [3.8, 4) is 0 Å². The first-order valence-electron chi connectivity index (χ1n) is 13.2. The molecular weight excluding hydrogens is 562 g/mol. The quantitative estimate of drug-likeness (QED) is 0.139. The Morgan fingerprint density at radius 1 is 1.14 bits per heavy atom. The Bertz CT molecular complexity index is 1650. The first kappa shape index (κ1) is 30.4. The molecule has 0 spiro atoms. The van der Waals surface area contributed by atoms with Gasteiger partial charge in [-0.15, -0.1) is 0 Å². The molecule has 3 amide bonds. The van der Waals surface area contributed by atoms with Gasteiger partial charge >= 0.3 is 12.1 Å². The van der Waals surface area contributed by atoms with Crippen molar-refractivity contribution < 1.29 is 38.0 Å². The number of benzene rings is 1. The standard InChI is InChI=1S/C28H29N7O8/c1-4-10-29-26(38)20-14-34-24(18(20)3)25(30-15-31-34)32-21-13-19(8-7-17(21)2)27(39)35(22-9-12-43-33-22)28(40)42-16-41-23(37)6-5-11-36/h7-9,11-15H,4-6,10,16H2,1-3H3,(H,29,38)(H,30,31,32). The highest BCUT2D eigenvalue weighted by Gasteiger charge is 2.29. The number of anilines is 3. The molecule has 0 radical (unpaired) electrons. The van der Waals surface area contributed by atoms with Crippen LogP contribution in [0.5, 0.6) is 0 Å². The minimum Gasteiger partial charge on any atom is -0.428 e. The van der Waals surface area contributed by atoms with Crippen molar-refractivity contribution in [2.24, 2.45) is 0 Å². The van der Waals surface area contributed by atoms with E-state index in [1.807, 2.05) is 13.8 Å². The topological polar surface area (TPSA) is 187 Å². The summed E-state index contributed by atoms with van der Waals surface area (Å²) in [5, 5.41) is 14.0. The maximum atomic E-state index is 13.6. The molecular formula is C28H29N7O8. The Kier molecular flexibility index (Phi) is 9.78. The number of carbonyl (C=O) groups is 5. The molecule has 2 N–H and O–H groups in total. The monoisotopic (exact) mass is 591 g/mol. The molecule has 3 heterocycles. The van der Waals surface area contributed by atoms with Gasteiger partial charge in [-0.1, -0.05) is 18.1 Å². The Balaban J connectivity index is 1.59. The molecule has 1 aromatic carbocycles. The summed E-state index contributed by atoms with van der Waals surface area (Å²) in [6.45, 7) is 5.32. The minimum atomic E-state index is -1.17. The summed E-state index contributed by atoms with van der Waals surface area (Å²) in [6, 6.07) is 5.98. The van der Waals surface area contributed by atoms with Crippen LogP contribution in [0.3, 0.4) is 0 Å². The van der Waals surface area contributed by atoms with E-state index >= 15 is 0 Å². The van der Waals surface area contributed by atoms with Crippen molar-refractivity contribution in [1.82, 2.24) is 25.1 Å². The molecule has 4 aromatic rings. The predicted octanol–water partition coefficient (Wildman–Crippen LogP) is 3.48. The van der Waals surface area contributed by atoms with Gasteiger partial charge in [-0.05, 0) is 43.5 Å². The van der Waals surface area contributed by atoms with Crippen LogP contribution in [0.1, 0.15) is 58.0 Å². The van der Waals surface area contributed by atoms with Crippen LogP contribution in [-0.2, 0) is 19.1 Å². The normalized spacial score (nSPS) is 10.7. The van der Waals surface area contributed by atoms with Gasteiger partial charge in [0.1, 0.15) is 24.4 Å². The fourth-order valence-corrected chi connectivity index (χ4v) is 4.02. The van der Waals surface area contributed by atoms with E-state index in [0.29, 0.717) is 45.9 Å². The van der Waals surface area contributed by atoms with Gasteiger partial charge < -0.3 is 29.4 Å². The molecule has 0 fully saturated rings. The molecule has 0 saturated carbocycles. The Hall–Kier alpha value is -5.60. The van der Waals surface area contributed by atoms with Gasteiger partial charge in [0.05, 0.1) is 12.0 Å². The van der Waals surface area contributed by atoms with Crippen LogP contribution in [-0.4, -0.2) is 63.3 Å². The highest BCUT2D eigenvalue weighted by Crippen LogP contribution is 2.28. The number of ether oxygens (including phenoxy) is 2. The molecule has 0 atom stereocenters. The van der Waals surface area contributed by atoms with E-state index in [9.17, 15) is 24.0 Å². The van der Waals surface area contributed by atoms with E-state index in [1.54, 1.807) is 23.7 Å². The van der Waals surface area contributed by atoms with Crippen molar-refractivity contribution in [3.63, 3.8) is 0 Å². The van der Waals surface area contributed by atoms with Gasteiger partial charge in [0, 0.05) is 36.5 Å². The Labute approximate surface area is 245 Å². The van der Waals surface area contributed by atoms with Crippen LogP contribution in [0.15, 0.2) is 47.6 Å². The van der Waals surface area contributed by atoms with E-state index in [4.69, 9.17) is 14.0 Å². The number of amides is 3. The summed E-state index contributed by atoms with van der Waals surface area (Å²) in [5.74, 6) is -1.56. The smallest absolute Gasteiger partial charge is 0.425 e. The largest absolute Gasteiger partial charge is 0.428 e. The Morgan fingerprint density at radius 3 is 2.67 bits per heavy atom. The van der Waals surface area contributed by atoms with Crippen molar-refractivity contribution in [3.05, 3.63) is 65.3 Å². The number of aldehydes is 1. The lowest BCUT2D eigenvalue weighted by Crippen LogP contribution is -2.38. The maximum Gasteiger partial charge on any atom is 0.425 e. The highest BCUT2D eigenvalue weighted by molar-refractivity contribution is 6.19. The van der Waals surface area contributed by atoms with Crippen LogP contribution in [0, 0.1) is 13.8 Å². The lowest BCUT2D eigenvalue weighted by Gasteiger charge is -2.18. The number of aryl methyl sites for hydroxylation is 2. The third-order valence-corrected chi connectivity index (χ3v) is 6.25. The first-order chi connectivity index (χ1) is 20.7. The van der Waals surface area contributed by atoms with E-state index in [-0.39, 0.29) is 30.1 Å². The molecule has 224 valence electrons. The number of imide groups is 1. The first-order valence-corrected chi connectivity index (χ1v) is 13.2. The van der Waals surface area contributed by atoms with Crippen LogP contribution in [0.2, 0.25) is 0 Å². The van der Waals surface area contributed by atoms with Crippen LogP contribution in [0.4, 0.5) is 22.1 Å². The van der Waals surface area contributed by atoms with Crippen LogP contribution >= 0.6 is 0 Å². The van der Waals surface area contributed by atoms with Crippen LogP contribution < -0.4 is 15.5 Å². The van der Waals surface area contributed by atoms with Gasteiger partial charge in [-0.3, -0.25) is 14.4 Å². The van der Waals surface area contributed by atoms with E-state index in [1.165, 1.54) is 30.8 Å². The fraction of sp³-hybridized carbons (Fsp3) is 0.286. The molecule has 43 heavy (non-hydrogen) atoms. The molecule has 4 rings (SSSR count). The molecule has 3 aromatic heterocycles. The number of nitrogens with zero attached hydrogens (tertiary/aromatic N) is 5. The number of rotatable bonds is 12. The number of hydrogen-bond donors (Lipinski definition) is 2. The SMILES string of the molecule is CCCNC(=O)c1cn2ncnc(Nc3cc(C(=O)N(C(=O)OCOC(=O)CCC=O)c4ccon4)ccc3C)c2c1C. The third-order valence-electron chi connectivity index (χ3n) is 6.25. The second-order valence-corrected chi connectivity index (χ2v) is 9.23. The summed E-state index contributed by atoms with van der Waals surface area (Å²) in [5.41, 5.74) is 2.99. The molecule has 0 aliphatic carbocycles. The molecule has 15 heteroatoms. The number of nitrogens with one attached hydrogen (secondary N) is 2. The van der Waals surface area contributed by atoms with E-state index < -0.39 is 24.8 Å². The molecule has 0 saturated heterocycles. The lowest BCUT2D eigenvalue weighted by atomic mass is 10.1. The minimum absolute atomic E-state index is 0.0415. The zero-order chi connectivity index (χ0) is 30.9. The maximum absolute atomic E-state index is 13.6. The summed E-state index contributed by atoms with van der Waals surface area (Å²) in [7, 11) is 0. The summed E-state index contributed by atoms with van der Waals surface area (Å²) < 4.78 is 16.1. The second-order valence-electron chi connectivity index (χ2n) is 9.23. The van der Waals surface area contributed by atoms with Crippen molar-refractivity contribution >= 4 is 53.0 Å². The van der Waals surface area contributed by atoms with Gasteiger partial charge in [-0.25, -0.2) is 14.3 Å². The van der Waals surface area contributed by atoms with Crippen LogP contribution in [0.25, 0.3) is 5.52 Å². The highest BCUT2D eigenvalue weighted by atomic mass is 16.7. The average Bonchev–Trinajstić information content (AvgIpc) is 3.64. The Morgan fingerprint density at radius 2 is 1.95 bits per heavy atom. The van der Waals surface area contributed by atoms with E-state index in [0.717, 1.165) is 12.0 Å². The number of carbonyl (C=O) groups excluding carboxylic acids is 5. The summed E-state index contributed by atoms with van der Waals surface area (Å²) in [4.78, 5) is 66.1. The predicted molar refractivity (Wildman–Crippen MR) is 151 cm³/mol. The zero-order valence-electron chi connectivity index (χ0n) is 23.7. The molecule has 0 unspecified atom stereocenters. The lowest BCUT2D eigenvalue weighted by molar-refractivity contribution is -0.152. The summed E-state index contributed by atoms with van der Waals surface area (Å²) in [6.07, 6.45) is 4.08. The third kappa shape index (κ3) is 7.01. The number of fused-ring (bicyclic) bond motifs is 1. The molecule has 0 aliphatic rings. The second kappa shape index (κ2) is 13.8. The number of esters is 1. The number of hydrogen-bond acceptors (Lipinski definition) is 12. The van der Waals surface area contributed by atoms with Crippen molar-refractivity contribution in [2.45, 2.75) is 40.0 Å². The van der Waals surface area contributed by atoms with E-state index in [2.05, 4.69) is 25.9 Å². The van der Waals surface area contributed by atoms with Crippen molar-refractivity contribution in [1.29, 1.82) is 0 Å². The molecule has 15 nitrogen and oxygen atoms in total. The average molecular weight is 592 g/mol. The number of aromatic nitrogens is 4. The molecule has 0 bridgehead atoms. The van der Waals surface area contributed by atoms with Gasteiger partial charge in [0.2, 0.25) is 6.79 Å². The van der Waals surface area contributed by atoms with Gasteiger partial charge in [0.25, 0.3) is 11.8 Å². The van der Waals surface area contributed by atoms with Gasteiger partial charge in [0.15, 0.2) is 11.6 Å². The fourth-order valence-electron chi connectivity index (χ4n) is 4.02. The van der Waals surface area contributed by atoms with Crippen molar-refractivity contribution in [2.75, 3.05) is 23.6 Å². The van der Waals surface area contributed by atoms with Gasteiger partial charge in [-0.2, -0.15) is 10.00 Å². The zero-order valence-corrected chi connectivity index (χ0v) is 23.7. The molecule has 0 aliphatic heterocycles.